The van der Waals surface area contributed by atoms with Crippen molar-refractivity contribution >= 4 is 44.3 Å². The second-order valence-electron chi connectivity index (χ2n) is 7.50. The van der Waals surface area contributed by atoms with E-state index in [0.29, 0.717) is 13.0 Å². The van der Waals surface area contributed by atoms with Gasteiger partial charge in [0.2, 0.25) is 0 Å². The van der Waals surface area contributed by atoms with Gasteiger partial charge in [-0.25, -0.2) is 17.6 Å². The highest BCUT2D eigenvalue weighted by Crippen LogP contribution is 2.44. The molecule has 0 aliphatic carbocycles. The van der Waals surface area contributed by atoms with E-state index in [-0.39, 0.29) is 38.8 Å². The lowest BCUT2D eigenvalue weighted by atomic mass is 9.95. The summed E-state index contributed by atoms with van der Waals surface area (Å²) in [7, 11) is 0. The highest BCUT2D eigenvalue weighted by atomic mass is 79.9. The van der Waals surface area contributed by atoms with E-state index < -0.39 is 36.2 Å². The van der Waals surface area contributed by atoms with Crippen molar-refractivity contribution in [2.24, 2.45) is 0 Å². The van der Waals surface area contributed by atoms with Crippen LogP contribution in [-0.2, 0) is 0 Å². The topological polar surface area (TPSA) is 70.5 Å². The number of phenols is 1. The minimum Gasteiger partial charge on any atom is -0.505 e. The average molecular weight is 514 g/mol. The lowest BCUT2D eigenvalue weighted by molar-refractivity contribution is 0.107. The van der Waals surface area contributed by atoms with Crippen LogP contribution in [0.5, 0.6) is 11.8 Å². The maximum Gasteiger partial charge on any atom is 0.319 e. The van der Waals surface area contributed by atoms with Gasteiger partial charge in [-0.15, -0.1) is 0 Å². The number of alkyl halides is 3. The van der Waals surface area contributed by atoms with Crippen LogP contribution in [0.15, 0.2) is 4.47 Å². The van der Waals surface area contributed by atoms with Gasteiger partial charge in [-0.2, -0.15) is 9.97 Å². The molecule has 30 heavy (non-hydrogen) atoms. The van der Waals surface area contributed by atoms with Crippen LogP contribution >= 0.6 is 27.5 Å². The van der Waals surface area contributed by atoms with Crippen molar-refractivity contribution in [3.63, 3.8) is 0 Å². The first kappa shape index (κ1) is 21.6. The molecule has 6 nitrogen and oxygen atoms in total. The summed E-state index contributed by atoms with van der Waals surface area (Å²) in [6, 6.07) is -0.268. The van der Waals surface area contributed by atoms with Crippen LogP contribution < -0.4 is 10.1 Å². The number of aromatic nitrogens is 2. The molecule has 12 heteroatoms. The van der Waals surface area contributed by atoms with E-state index in [0.717, 1.165) is 19.4 Å². The highest BCUT2D eigenvalue weighted by Gasteiger charge is 2.49. The molecule has 0 saturated carbocycles. The third-order valence-corrected chi connectivity index (χ3v) is 6.92. The number of halogens is 6. The molecule has 2 saturated heterocycles. The van der Waals surface area contributed by atoms with Crippen LogP contribution in [0.1, 0.15) is 19.3 Å². The molecule has 2 aliphatic rings. The zero-order chi connectivity index (χ0) is 21.6. The normalized spacial score (nSPS) is 24.0. The van der Waals surface area contributed by atoms with E-state index in [4.69, 9.17) is 16.3 Å². The van der Waals surface area contributed by atoms with Gasteiger partial charge in [-0.05, 0) is 35.3 Å². The Morgan fingerprint density at radius 1 is 1.40 bits per heavy atom. The third-order valence-electron chi connectivity index (χ3n) is 5.58. The number of hydrogen-bond acceptors (Lipinski definition) is 6. The summed E-state index contributed by atoms with van der Waals surface area (Å²) in [6.45, 7) is 0.381. The number of ether oxygens (including phenoxy) is 1. The molecule has 2 N–H and O–H groups in total. The van der Waals surface area contributed by atoms with Gasteiger partial charge in [-0.3, -0.25) is 4.90 Å². The first-order valence-electron chi connectivity index (χ1n) is 9.33. The zero-order valence-electron chi connectivity index (χ0n) is 15.6. The quantitative estimate of drug-likeness (QED) is 0.437. The lowest BCUT2D eigenvalue weighted by Crippen LogP contribution is -2.43. The number of rotatable bonds is 6. The van der Waals surface area contributed by atoms with Crippen molar-refractivity contribution in [3.05, 3.63) is 15.3 Å². The molecule has 2 atom stereocenters. The molecule has 0 bridgehead atoms. The molecule has 4 rings (SSSR count). The first-order chi connectivity index (χ1) is 14.2. The Kier molecular flexibility index (Phi) is 5.88. The third kappa shape index (κ3) is 3.75. The Morgan fingerprint density at radius 2 is 2.17 bits per heavy atom. The summed E-state index contributed by atoms with van der Waals surface area (Å²) in [4.78, 5) is 10.1. The number of hydrogen-bond donors (Lipinski definition) is 2. The Bertz CT molecular complexity index is 985. The second kappa shape index (κ2) is 8.16. The highest BCUT2D eigenvalue weighted by molar-refractivity contribution is 9.10. The molecule has 1 aromatic carbocycles. The molecule has 0 radical (unpaired) electrons. The zero-order valence-corrected chi connectivity index (χ0v) is 17.9. The number of fused-ring (bicyclic) bond motifs is 2. The van der Waals surface area contributed by atoms with E-state index in [2.05, 4.69) is 31.2 Å². The Balaban J connectivity index is 1.71. The van der Waals surface area contributed by atoms with Crippen molar-refractivity contribution in [2.45, 2.75) is 37.4 Å². The number of benzene rings is 1. The monoisotopic (exact) mass is 512 g/mol. The van der Waals surface area contributed by atoms with Gasteiger partial charge >= 0.3 is 6.01 Å². The van der Waals surface area contributed by atoms with Crippen LogP contribution in [0.3, 0.4) is 0 Å². The van der Waals surface area contributed by atoms with Crippen molar-refractivity contribution in [1.82, 2.24) is 14.9 Å². The first-order valence-corrected chi connectivity index (χ1v) is 10.5. The predicted molar refractivity (Wildman–Crippen MR) is 107 cm³/mol. The van der Waals surface area contributed by atoms with Gasteiger partial charge in [0.25, 0.3) is 6.43 Å². The average Bonchev–Trinajstić information content (AvgIpc) is 3.22. The molecular formula is C18H18BrClF4N4O2. The summed E-state index contributed by atoms with van der Waals surface area (Å²) in [6.07, 6.45) is -1.71. The van der Waals surface area contributed by atoms with Gasteiger partial charge in [0, 0.05) is 13.0 Å². The maximum absolute atomic E-state index is 14.8. The van der Waals surface area contributed by atoms with E-state index in [1.807, 2.05) is 4.90 Å². The molecule has 1 aromatic heterocycles. The summed E-state index contributed by atoms with van der Waals surface area (Å²) >= 11 is 8.86. The lowest BCUT2D eigenvalue weighted by Gasteiger charge is -2.30. The molecule has 0 spiro atoms. The maximum atomic E-state index is 14.8. The molecule has 0 unspecified atom stereocenters. The minimum absolute atomic E-state index is 0.0789. The largest absolute Gasteiger partial charge is 0.505 e. The predicted octanol–water partition coefficient (Wildman–Crippen LogP) is 4.52. The van der Waals surface area contributed by atoms with Crippen molar-refractivity contribution in [2.75, 3.05) is 31.6 Å². The van der Waals surface area contributed by atoms with E-state index in [1.165, 1.54) is 0 Å². The Morgan fingerprint density at radius 3 is 2.90 bits per heavy atom. The van der Waals surface area contributed by atoms with Crippen molar-refractivity contribution in [1.29, 1.82) is 0 Å². The van der Waals surface area contributed by atoms with Crippen molar-refractivity contribution < 1.29 is 27.4 Å². The standard InChI is InChI=1S/C18H18BrClF4N4O2/c19-11-12(20)15(29)10-14(13(11)24)26-17(27-16(10)25-5-9(22)23)30-7-18-2-1-3-28(18)6-8(21)4-18/h8-9,29H,1-7H2,(H,25,26,27)/t8-,18+/m1/s1. The van der Waals surface area contributed by atoms with Gasteiger partial charge in [0.15, 0.2) is 5.82 Å². The summed E-state index contributed by atoms with van der Waals surface area (Å²) < 4.78 is 59.7. The van der Waals surface area contributed by atoms with E-state index in [9.17, 15) is 22.7 Å². The number of anilines is 1. The van der Waals surface area contributed by atoms with Crippen LogP contribution in [0, 0.1) is 5.82 Å². The summed E-state index contributed by atoms with van der Waals surface area (Å²) in [5.74, 6) is -1.69. The fraction of sp³-hybridized carbons (Fsp3) is 0.556. The number of phenolic OH excluding ortho intramolecular Hbond substituents is 1. The minimum atomic E-state index is -2.72. The number of nitrogens with zero attached hydrogens (tertiary/aromatic N) is 3. The second-order valence-corrected chi connectivity index (χ2v) is 8.68. The molecule has 2 aliphatic heterocycles. The van der Waals surface area contributed by atoms with Gasteiger partial charge in [0.05, 0.1) is 21.9 Å². The molecule has 0 amide bonds. The molecular weight excluding hydrogens is 496 g/mol. The van der Waals surface area contributed by atoms with Crippen molar-refractivity contribution in [3.8, 4) is 11.8 Å². The molecule has 164 valence electrons. The smallest absolute Gasteiger partial charge is 0.319 e. The number of aromatic hydroxyl groups is 1. The van der Waals surface area contributed by atoms with Crippen LogP contribution in [-0.4, -0.2) is 64.4 Å². The fourth-order valence-corrected chi connectivity index (χ4v) is 4.80. The number of nitrogens with one attached hydrogen (secondary N) is 1. The van der Waals surface area contributed by atoms with Crippen LogP contribution in [0.25, 0.3) is 10.9 Å². The summed E-state index contributed by atoms with van der Waals surface area (Å²) in [5.41, 5.74) is -0.837. The SMILES string of the molecule is Oc1c(Cl)c(Br)c(F)c2nc(OC[C@@]34CCCN3C[C@H](F)C4)nc(NCC(F)F)c12. The van der Waals surface area contributed by atoms with Gasteiger partial charge in [0.1, 0.15) is 34.9 Å². The molecule has 2 aromatic rings. The Labute approximate surface area is 182 Å². The van der Waals surface area contributed by atoms with Crippen LogP contribution in [0.4, 0.5) is 23.4 Å². The summed E-state index contributed by atoms with van der Waals surface area (Å²) in [5, 5.41) is 12.1. The Hall–Kier alpha value is -1.59. The van der Waals surface area contributed by atoms with Crippen LogP contribution in [0.2, 0.25) is 5.02 Å². The van der Waals surface area contributed by atoms with Gasteiger partial charge in [-0.1, -0.05) is 11.6 Å². The molecule has 2 fully saturated rings. The molecule has 3 heterocycles. The van der Waals surface area contributed by atoms with Gasteiger partial charge < -0.3 is 15.2 Å². The van der Waals surface area contributed by atoms with E-state index in [1.54, 1.807) is 0 Å². The fourth-order valence-electron chi connectivity index (χ4n) is 4.25. The van der Waals surface area contributed by atoms with E-state index >= 15 is 0 Å².